The predicted molar refractivity (Wildman–Crippen MR) is 72.5 cm³/mol. The molecule has 0 bridgehead atoms. The number of piperazine rings is 1. The number of pyridine rings is 1. The minimum atomic E-state index is 0.506. The van der Waals surface area contributed by atoms with Gasteiger partial charge in [-0.1, -0.05) is 6.07 Å². The zero-order valence-corrected chi connectivity index (χ0v) is 11.5. The van der Waals surface area contributed by atoms with E-state index in [1.165, 1.54) is 5.56 Å². The zero-order valence-electron chi connectivity index (χ0n) is 11.5. The Morgan fingerprint density at radius 3 is 2.47 bits per heavy atom. The predicted octanol–water partition coefficient (Wildman–Crippen LogP) is 2.31. The average Bonchev–Trinajstić information content (AvgIpc) is 2.32. The molecule has 1 aliphatic rings. The van der Waals surface area contributed by atoms with Crippen molar-refractivity contribution >= 4 is 5.82 Å². The van der Waals surface area contributed by atoms with E-state index in [2.05, 4.69) is 61.7 Å². The molecule has 0 aromatic carbocycles. The highest BCUT2D eigenvalue weighted by atomic mass is 15.3. The molecule has 0 aliphatic carbocycles. The second kappa shape index (κ2) is 4.65. The molecule has 2 rings (SSSR count). The monoisotopic (exact) mass is 233 g/mol. The smallest absolute Gasteiger partial charge is 0.128 e. The first kappa shape index (κ1) is 12.4. The van der Waals surface area contributed by atoms with Crippen LogP contribution in [0.3, 0.4) is 0 Å². The van der Waals surface area contributed by atoms with Crippen LogP contribution >= 0.6 is 0 Å². The van der Waals surface area contributed by atoms with E-state index in [1.54, 1.807) is 0 Å². The maximum atomic E-state index is 4.55. The van der Waals surface area contributed by atoms with Crippen molar-refractivity contribution in [3.05, 3.63) is 23.9 Å². The zero-order chi connectivity index (χ0) is 12.6. The molecule has 0 N–H and O–H groups in total. The van der Waals surface area contributed by atoms with Crippen LogP contribution in [0.1, 0.15) is 26.3 Å². The summed E-state index contributed by atoms with van der Waals surface area (Å²) in [4.78, 5) is 9.43. The minimum Gasteiger partial charge on any atom is -0.351 e. The Morgan fingerprint density at radius 2 is 1.88 bits per heavy atom. The summed E-state index contributed by atoms with van der Waals surface area (Å²) < 4.78 is 0. The number of aromatic nitrogens is 1. The Kier molecular flexibility index (Phi) is 3.38. The van der Waals surface area contributed by atoms with E-state index in [4.69, 9.17) is 0 Å². The van der Waals surface area contributed by atoms with Crippen molar-refractivity contribution in [2.45, 2.75) is 45.8 Å². The summed E-state index contributed by atoms with van der Waals surface area (Å²) in [5.41, 5.74) is 1.22. The van der Waals surface area contributed by atoms with Gasteiger partial charge in [0.05, 0.1) is 0 Å². The van der Waals surface area contributed by atoms with E-state index in [0.29, 0.717) is 18.1 Å². The van der Waals surface area contributed by atoms with E-state index in [0.717, 1.165) is 12.4 Å². The van der Waals surface area contributed by atoms with Gasteiger partial charge in [0.2, 0.25) is 0 Å². The maximum Gasteiger partial charge on any atom is 0.128 e. The number of anilines is 1. The van der Waals surface area contributed by atoms with E-state index in [9.17, 15) is 0 Å². The molecule has 1 fully saturated rings. The van der Waals surface area contributed by atoms with Crippen molar-refractivity contribution in [1.29, 1.82) is 0 Å². The first-order chi connectivity index (χ1) is 8.00. The van der Waals surface area contributed by atoms with E-state index < -0.39 is 0 Å². The normalized spacial score (nSPS) is 30.6. The van der Waals surface area contributed by atoms with Crippen LogP contribution in [0.4, 0.5) is 5.82 Å². The van der Waals surface area contributed by atoms with Gasteiger partial charge < -0.3 is 4.90 Å². The lowest BCUT2D eigenvalue weighted by molar-refractivity contribution is 0.139. The third-order valence-electron chi connectivity index (χ3n) is 4.18. The third-order valence-corrected chi connectivity index (χ3v) is 4.18. The molecular weight excluding hydrogens is 210 g/mol. The van der Waals surface area contributed by atoms with Gasteiger partial charge in [-0.15, -0.1) is 0 Å². The van der Waals surface area contributed by atoms with Gasteiger partial charge in [0.15, 0.2) is 0 Å². The second-order valence-corrected chi connectivity index (χ2v) is 5.34. The van der Waals surface area contributed by atoms with Gasteiger partial charge >= 0.3 is 0 Å². The molecule has 1 aromatic rings. The molecule has 1 aromatic heterocycles. The number of nitrogens with zero attached hydrogens (tertiary/aromatic N) is 3. The highest BCUT2D eigenvalue weighted by molar-refractivity contribution is 5.42. The highest BCUT2D eigenvalue weighted by Crippen LogP contribution is 2.24. The quantitative estimate of drug-likeness (QED) is 0.742. The van der Waals surface area contributed by atoms with Gasteiger partial charge in [-0.2, -0.15) is 0 Å². The topological polar surface area (TPSA) is 19.4 Å². The van der Waals surface area contributed by atoms with Crippen molar-refractivity contribution < 1.29 is 0 Å². The molecule has 0 spiro atoms. The van der Waals surface area contributed by atoms with Gasteiger partial charge in [-0.3, -0.25) is 4.90 Å². The lowest BCUT2D eigenvalue weighted by Gasteiger charge is -2.47. The molecule has 2 heterocycles. The number of aryl methyl sites for hydroxylation is 1. The van der Waals surface area contributed by atoms with Gasteiger partial charge in [0.25, 0.3) is 0 Å². The van der Waals surface area contributed by atoms with Gasteiger partial charge in [-0.25, -0.2) is 4.98 Å². The fourth-order valence-corrected chi connectivity index (χ4v) is 2.51. The van der Waals surface area contributed by atoms with Crippen LogP contribution in [0, 0.1) is 6.92 Å². The molecule has 3 heteroatoms. The molecule has 3 nitrogen and oxygen atoms in total. The third kappa shape index (κ3) is 2.29. The first-order valence-corrected chi connectivity index (χ1v) is 6.42. The van der Waals surface area contributed by atoms with Crippen LogP contribution in [0.15, 0.2) is 18.3 Å². The fourth-order valence-electron chi connectivity index (χ4n) is 2.51. The molecule has 0 radical (unpaired) electrons. The number of rotatable bonds is 1. The Hall–Kier alpha value is -1.09. The number of hydrogen-bond acceptors (Lipinski definition) is 3. The summed E-state index contributed by atoms with van der Waals surface area (Å²) in [5.74, 6) is 1.11. The summed E-state index contributed by atoms with van der Waals surface area (Å²) in [7, 11) is 2.21. The Balaban J connectivity index is 2.23. The summed E-state index contributed by atoms with van der Waals surface area (Å²) in [6, 6.07) is 5.91. The molecule has 0 amide bonds. The first-order valence-electron chi connectivity index (χ1n) is 6.42. The average molecular weight is 233 g/mol. The number of likely N-dealkylation sites (N-methyl/N-ethyl adjacent to an activating group) is 1. The molecule has 0 saturated carbocycles. The summed E-state index contributed by atoms with van der Waals surface area (Å²) in [6.07, 6.45) is 1.95. The summed E-state index contributed by atoms with van der Waals surface area (Å²) in [5, 5.41) is 0. The molecule has 94 valence electrons. The number of hydrogen-bond donors (Lipinski definition) is 0. The molecular formula is C14H23N3. The molecule has 1 saturated heterocycles. The summed E-state index contributed by atoms with van der Waals surface area (Å²) in [6.45, 7) is 9.99. The maximum absolute atomic E-state index is 4.55. The second-order valence-electron chi connectivity index (χ2n) is 5.34. The van der Waals surface area contributed by atoms with Crippen molar-refractivity contribution in [2.24, 2.45) is 0 Å². The van der Waals surface area contributed by atoms with Crippen LogP contribution < -0.4 is 4.90 Å². The summed E-state index contributed by atoms with van der Waals surface area (Å²) >= 11 is 0. The van der Waals surface area contributed by atoms with Crippen molar-refractivity contribution in [3.63, 3.8) is 0 Å². The minimum absolute atomic E-state index is 0.506. The lowest BCUT2D eigenvalue weighted by atomic mass is 10.0. The van der Waals surface area contributed by atoms with E-state index in [1.807, 2.05) is 6.20 Å². The van der Waals surface area contributed by atoms with E-state index >= 15 is 0 Å². The van der Waals surface area contributed by atoms with Gasteiger partial charge in [0, 0.05) is 30.9 Å². The van der Waals surface area contributed by atoms with Crippen molar-refractivity contribution in [2.75, 3.05) is 18.5 Å². The van der Waals surface area contributed by atoms with Crippen LogP contribution in [0.2, 0.25) is 0 Å². The SMILES string of the molecule is Cc1ccc(N2CC(C)N(C)C(C)C2C)nc1. The molecule has 17 heavy (non-hydrogen) atoms. The largest absolute Gasteiger partial charge is 0.351 e. The Bertz CT molecular complexity index is 374. The highest BCUT2D eigenvalue weighted by Gasteiger charge is 2.33. The van der Waals surface area contributed by atoms with Crippen LogP contribution in [-0.2, 0) is 0 Å². The Morgan fingerprint density at radius 1 is 1.18 bits per heavy atom. The van der Waals surface area contributed by atoms with Gasteiger partial charge in [-0.05, 0) is 46.4 Å². The van der Waals surface area contributed by atoms with Crippen LogP contribution in [-0.4, -0.2) is 41.6 Å². The van der Waals surface area contributed by atoms with Crippen LogP contribution in [0.5, 0.6) is 0 Å². The molecule has 1 aliphatic heterocycles. The van der Waals surface area contributed by atoms with Crippen molar-refractivity contribution in [3.8, 4) is 0 Å². The molecule has 3 unspecified atom stereocenters. The van der Waals surface area contributed by atoms with Crippen molar-refractivity contribution in [1.82, 2.24) is 9.88 Å². The Labute approximate surface area is 104 Å². The standard InChI is InChI=1S/C14H23N3/c1-10-6-7-14(15-8-10)17-9-11(2)16(5)12(3)13(17)4/h6-8,11-13H,9H2,1-5H3. The molecule has 3 atom stereocenters. The van der Waals surface area contributed by atoms with Crippen LogP contribution in [0.25, 0.3) is 0 Å². The fraction of sp³-hybridized carbons (Fsp3) is 0.643. The van der Waals surface area contributed by atoms with Gasteiger partial charge in [0.1, 0.15) is 5.82 Å². The van der Waals surface area contributed by atoms with E-state index in [-0.39, 0.29) is 0 Å². The lowest BCUT2D eigenvalue weighted by Crippen LogP contribution is -2.60.